The molecule has 2 aliphatic heterocycles. The number of likely N-dealkylation sites (tertiary alicyclic amines) is 2. The number of hydrogen-bond acceptors (Lipinski definition) is 3. The van der Waals surface area contributed by atoms with Crippen molar-refractivity contribution in [2.24, 2.45) is 10.9 Å². The summed E-state index contributed by atoms with van der Waals surface area (Å²) in [6, 6.07) is 17.7. The highest BCUT2D eigenvalue weighted by Crippen LogP contribution is 2.31. The maximum Gasteiger partial charge on any atom is 0.193 e. The van der Waals surface area contributed by atoms with Gasteiger partial charge in [0.25, 0.3) is 0 Å². The van der Waals surface area contributed by atoms with Gasteiger partial charge in [-0.25, -0.2) is 0 Å². The van der Waals surface area contributed by atoms with Gasteiger partial charge in [-0.3, -0.25) is 14.9 Å². The quantitative estimate of drug-likeness (QED) is 0.344. The molecular formula is C25H36IN5. The molecule has 168 valence electrons. The SMILES string of the molecule is CCNC(=NCCc1ccccn1)N1CCC2C(CCCN2Cc2ccccc2)C1.I. The molecule has 2 atom stereocenters. The maximum absolute atomic E-state index is 4.93. The Balaban J connectivity index is 0.00000272. The third-order valence-corrected chi connectivity index (χ3v) is 6.40. The molecule has 2 saturated heterocycles. The number of nitrogens with zero attached hydrogens (tertiary/aromatic N) is 4. The lowest BCUT2D eigenvalue weighted by Gasteiger charge is -2.48. The summed E-state index contributed by atoms with van der Waals surface area (Å²) in [5.41, 5.74) is 2.55. The van der Waals surface area contributed by atoms with Crippen molar-refractivity contribution < 1.29 is 0 Å². The van der Waals surface area contributed by atoms with Crippen LogP contribution >= 0.6 is 24.0 Å². The van der Waals surface area contributed by atoms with Crippen molar-refractivity contribution in [3.63, 3.8) is 0 Å². The minimum absolute atomic E-state index is 0. The van der Waals surface area contributed by atoms with Gasteiger partial charge in [-0.05, 0) is 56.3 Å². The predicted molar refractivity (Wildman–Crippen MR) is 139 cm³/mol. The molecule has 2 aliphatic rings. The molecule has 2 unspecified atom stereocenters. The van der Waals surface area contributed by atoms with Crippen LogP contribution < -0.4 is 5.32 Å². The van der Waals surface area contributed by atoms with Gasteiger partial charge in [-0.2, -0.15) is 0 Å². The van der Waals surface area contributed by atoms with E-state index < -0.39 is 0 Å². The van der Waals surface area contributed by atoms with Crippen molar-refractivity contribution in [3.8, 4) is 0 Å². The number of aromatic nitrogens is 1. The molecule has 3 heterocycles. The average Bonchev–Trinajstić information content (AvgIpc) is 2.80. The van der Waals surface area contributed by atoms with Gasteiger partial charge in [0, 0.05) is 57.1 Å². The van der Waals surface area contributed by atoms with E-state index in [2.05, 4.69) is 63.4 Å². The molecule has 0 amide bonds. The molecule has 5 nitrogen and oxygen atoms in total. The number of fused-ring (bicyclic) bond motifs is 1. The molecule has 4 rings (SSSR count). The highest BCUT2D eigenvalue weighted by molar-refractivity contribution is 14.0. The third kappa shape index (κ3) is 6.65. The Hall–Kier alpha value is -1.67. The number of guanidine groups is 1. The molecule has 0 radical (unpaired) electrons. The predicted octanol–water partition coefficient (Wildman–Crippen LogP) is 4.19. The Morgan fingerprint density at radius 3 is 2.71 bits per heavy atom. The van der Waals surface area contributed by atoms with E-state index in [0.29, 0.717) is 6.04 Å². The molecule has 2 fully saturated rings. The normalized spacial score (nSPS) is 21.8. The molecule has 2 aromatic rings. The van der Waals surface area contributed by atoms with Crippen LogP contribution in [0, 0.1) is 5.92 Å². The Labute approximate surface area is 204 Å². The van der Waals surface area contributed by atoms with Crippen molar-refractivity contribution >= 4 is 29.9 Å². The van der Waals surface area contributed by atoms with Crippen LogP contribution in [0.25, 0.3) is 0 Å². The largest absolute Gasteiger partial charge is 0.357 e. The number of benzene rings is 1. The van der Waals surface area contributed by atoms with Crippen LogP contribution in [-0.4, -0.2) is 59.5 Å². The summed E-state index contributed by atoms with van der Waals surface area (Å²) < 4.78 is 0. The molecule has 6 heteroatoms. The van der Waals surface area contributed by atoms with Crippen molar-refractivity contribution in [3.05, 3.63) is 66.0 Å². The minimum atomic E-state index is 0. The van der Waals surface area contributed by atoms with Gasteiger partial charge in [0.1, 0.15) is 0 Å². The smallest absolute Gasteiger partial charge is 0.193 e. The number of nitrogens with one attached hydrogen (secondary N) is 1. The molecule has 31 heavy (non-hydrogen) atoms. The highest BCUT2D eigenvalue weighted by atomic mass is 127. The standard InChI is InChI=1S/C25H35N5.HI/c1-2-26-25(28-16-13-23-12-6-7-15-27-23)30-18-14-24-22(20-30)11-8-17-29(24)19-21-9-4-3-5-10-21;/h3-7,9-10,12,15,22,24H,2,8,11,13-14,16-20H2,1H3,(H,26,28);1H. The van der Waals surface area contributed by atoms with E-state index >= 15 is 0 Å². The van der Waals surface area contributed by atoms with Crippen molar-refractivity contribution in [2.45, 2.75) is 45.2 Å². The lowest BCUT2D eigenvalue weighted by atomic mass is 9.83. The molecule has 1 aromatic carbocycles. The molecule has 0 saturated carbocycles. The van der Waals surface area contributed by atoms with Crippen LogP contribution in [-0.2, 0) is 13.0 Å². The van der Waals surface area contributed by atoms with Crippen LogP contribution in [0.1, 0.15) is 37.4 Å². The van der Waals surface area contributed by atoms with Gasteiger partial charge < -0.3 is 10.2 Å². The van der Waals surface area contributed by atoms with Gasteiger partial charge in [-0.15, -0.1) is 24.0 Å². The van der Waals surface area contributed by atoms with E-state index in [0.717, 1.165) is 56.7 Å². The van der Waals surface area contributed by atoms with Crippen LogP contribution in [0.4, 0.5) is 0 Å². The Bertz CT molecular complexity index is 798. The molecule has 0 aliphatic carbocycles. The number of rotatable bonds is 6. The number of hydrogen-bond donors (Lipinski definition) is 1. The summed E-state index contributed by atoms with van der Waals surface area (Å²) >= 11 is 0. The first-order valence-electron chi connectivity index (χ1n) is 11.5. The monoisotopic (exact) mass is 533 g/mol. The van der Waals surface area contributed by atoms with Gasteiger partial charge in [-0.1, -0.05) is 36.4 Å². The van der Waals surface area contributed by atoms with E-state index in [1.807, 2.05) is 18.3 Å². The van der Waals surface area contributed by atoms with Crippen LogP contribution in [0.5, 0.6) is 0 Å². The number of aliphatic imine (C=N–C) groups is 1. The topological polar surface area (TPSA) is 43.8 Å². The van der Waals surface area contributed by atoms with Gasteiger partial charge >= 0.3 is 0 Å². The Morgan fingerprint density at radius 1 is 1.10 bits per heavy atom. The van der Waals surface area contributed by atoms with Gasteiger partial charge in [0.15, 0.2) is 5.96 Å². The fourth-order valence-corrected chi connectivity index (χ4v) is 4.96. The minimum Gasteiger partial charge on any atom is -0.357 e. The lowest BCUT2D eigenvalue weighted by molar-refractivity contribution is 0.0372. The average molecular weight is 534 g/mol. The fourth-order valence-electron chi connectivity index (χ4n) is 4.96. The molecule has 1 aromatic heterocycles. The molecule has 0 spiro atoms. The Kier molecular flexibility index (Phi) is 9.58. The zero-order valence-electron chi connectivity index (χ0n) is 18.6. The zero-order valence-corrected chi connectivity index (χ0v) is 20.9. The molecule has 0 bridgehead atoms. The number of halogens is 1. The second kappa shape index (κ2) is 12.4. The van der Waals surface area contributed by atoms with Gasteiger partial charge in [0.05, 0.1) is 0 Å². The van der Waals surface area contributed by atoms with Crippen LogP contribution in [0.2, 0.25) is 0 Å². The zero-order chi connectivity index (χ0) is 20.6. The van der Waals surface area contributed by atoms with Crippen molar-refractivity contribution in [1.29, 1.82) is 0 Å². The fraction of sp³-hybridized carbons (Fsp3) is 0.520. The number of piperidine rings is 2. The van der Waals surface area contributed by atoms with E-state index in [4.69, 9.17) is 4.99 Å². The summed E-state index contributed by atoms with van der Waals surface area (Å²) in [5, 5.41) is 3.53. The number of pyridine rings is 1. The first-order valence-corrected chi connectivity index (χ1v) is 11.5. The maximum atomic E-state index is 4.93. The highest BCUT2D eigenvalue weighted by Gasteiger charge is 2.36. The first kappa shape index (κ1) is 24.0. The summed E-state index contributed by atoms with van der Waals surface area (Å²) in [7, 11) is 0. The summed E-state index contributed by atoms with van der Waals surface area (Å²) in [4.78, 5) is 14.6. The molecule has 1 N–H and O–H groups in total. The second-order valence-corrected chi connectivity index (χ2v) is 8.47. The van der Waals surface area contributed by atoms with Crippen LogP contribution in [0.15, 0.2) is 59.7 Å². The van der Waals surface area contributed by atoms with E-state index in [1.54, 1.807) is 0 Å². The summed E-state index contributed by atoms with van der Waals surface area (Å²) in [5.74, 6) is 1.81. The van der Waals surface area contributed by atoms with E-state index in [1.165, 1.54) is 31.4 Å². The van der Waals surface area contributed by atoms with E-state index in [-0.39, 0.29) is 24.0 Å². The lowest BCUT2D eigenvalue weighted by Crippen LogP contribution is -2.56. The Morgan fingerprint density at radius 2 is 1.94 bits per heavy atom. The van der Waals surface area contributed by atoms with E-state index in [9.17, 15) is 0 Å². The first-order chi connectivity index (χ1) is 14.8. The third-order valence-electron chi connectivity index (χ3n) is 6.40. The van der Waals surface area contributed by atoms with Gasteiger partial charge in [0.2, 0.25) is 0 Å². The van der Waals surface area contributed by atoms with Crippen LogP contribution in [0.3, 0.4) is 0 Å². The summed E-state index contributed by atoms with van der Waals surface area (Å²) in [6.07, 6.45) is 6.61. The second-order valence-electron chi connectivity index (χ2n) is 8.47. The van der Waals surface area contributed by atoms with Crippen molar-refractivity contribution in [1.82, 2.24) is 20.1 Å². The molecular weight excluding hydrogens is 497 g/mol. The van der Waals surface area contributed by atoms with Crippen molar-refractivity contribution in [2.75, 3.05) is 32.7 Å². The summed E-state index contributed by atoms with van der Waals surface area (Å²) in [6.45, 7) is 8.36.